The van der Waals surface area contributed by atoms with Crippen LogP contribution in [0.3, 0.4) is 0 Å². The van der Waals surface area contributed by atoms with Crippen molar-refractivity contribution in [1.82, 2.24) is 0 Å². The maximum absolute atomic E-state index is 13.2. The molecule has 1 rings (SSSR count). The molecule has 0 radical (unpaired) electrons. The third-order valence-electron chi connectivity index (χ3n) is 2.07. The van der Waals surface area contributed by atoms with E-state index in [9.17, 15) is 9.18 Å². The van der Waals surface area contributed by atoms with Crippen molar-refractivity contribution in [3.05, 3.63) is 41.7 Å². The standard InChI is InChI=1S/C13H16FNO/c1-9(2)4-7-13(16)15-11-6-5-10(3)12(14)8-11/h4-9H,1-3H3,(H,15,16)/b7-4+. The van der Waals surface area contributed by atoms with Crippen LogP contribution in [0.5, 0.6) is 0 Å². The number of amides is 1. The largest absolute Gasteiger partial charge is 0.322 e. The van der Waals surface area contributed by atoms with E-state index in [1.165, 1.54) is 12.1 Å². The summed E-state index contributed by atoms with van der Waals surface area (Å²) in [5, 5.41) is 2.60. The van der Waals surface area contributed by atoms with Crippen LogP contribution < -0.4 is 5.32 Å². The summed E-state index contributed by atoms with van der Waals surface area (Å²) >= 11 is 0. The van der Waals surface area contributed by atoms with Gasteiger partial charge in [0, 0.05) is 5.69 Å². The molecule has 0 saturated heterocycles. The average molecular weight is 221 g/mol. The van der Waals surface area contributed by atoms with Crippen molar-refractivity contribution >= 4 is 11.6 Å². The van der Waals surface area contributed by atoms with Gasteiger partial charge in [-0.15, -0.1) is 0 Å². The van der Waals surface area contributed by atoms with Gasteiger partial charge in [0.15, 0.2) is 0 Å². The molecular weight excluding hydrogens is 205 g/mol. The lowest BCUT2D eigenvalue weighted by molar-refractivity contribution is -0.111. The van der Waals surface area contributed by atoms with Gasteiger partial charge in [0.05, 0.1) is 0 Å². The fourth-order valence-electron chi connectivity index (χ4n) is 1.13. The second-order valence-corrected chi connectivity index (χ2v) is 4.06. The molecule has 0 atom stereocenters. The van der Waals surface area contributed by atoms with E-state index < -0.39 is 0 Å². The molecule has 0 saturated carbocycles. The van der Waals surface area contributed by atoms with Crippen molar-refractivity contribution in [3.8, 4) is 0 Å². The zero-order chi connectivity index (χ0) is 12.1. The van der Waals surface area contributed by atoms with Crippen LogP contribution in [0.4, 0.5) is 10.1 Å². The van der Waals surface area contributed by atoms with E-state index in [0.717, 1.165) is 0 Å². The first kappa shape index (κ1) is 12.4. The first-order valence-corrected chi connectivity index (χ1v) is 5.24. The van der Waals surface area contributed by atoms with Gasteiger partial charge in [-0.05, 0) is 36.6 Å². The number of nitrogens with one attached hydrogen (secondary N) is 1. The Labute approximate surface area is 95.2 Å². The molecule has 86 valence electrons. The molecule has 2 nitrogen and oxygen atoms in total. The van der Waals surface area contributed by atoms with Crippen LogP contribution in [-0.4, -0.2) is 5.91 Å². The molecule has 3 heteroatoms. The van der Waals surface area contributed by atoms with Gasteiger partial charge in [-0.25, -0.2) is 4.39 Å². The second-order valence-electron chi connectivity index (χ2n) is 4.06. The van der Waals surface area contributed by atoms with E-state index in [-0.39, 0.29) is 11.7 Å². The Hall–Kier alpha value is -1.64. The normalized spacial score (nSPS) is 11.1. The zero-order valence-electron chi connectivity index (χ0n) is 9.75. The third-order valence-corrected chi connectivity index (χ3v) is 2.07. The van der Waals surface area contributed by atoms with Crippen LogP contribution in [0.1, 0.15) is 19.4 Å². The van der Waals surface area contributed by atoms with E-state index >= 15 is 0 Å². The van der Waals surface area contributed by atoms with Gasteiger partial charge in [0.25, 0.3) is 0 Å². The number of hydrogen-bond acceptors (Lipinski definition) is 1. The summed E-state index contributed by atoms with van der Waals surface area (Å²) in [5.41, 5.74) is 1.04. The molecule has 0 aliphatic heterocycles. The number of anilines is 1. The predicted molar refractivity (Wildman–Crippen MR) is 63.7 cm³/mol. The molecule has 1 aromatic carbocycles. The van der Waals surface area contributed by atoms with Crippen LogP contribution in [0.25, 0.3) is 0 Å². The molecule has 0 aromatic heterocycles. The summed E-state index contributed by atoms with van der Waals surface area (Å²) in [6.07, 6.45) is 3.25. The maximum atomic E-state index is 13.2. The minimum Gasteiger partial charge on any atom is -0.322 e. The molecule has 0 bridgehead atoms. The molecule has 0 aliphatic carbocycles. The number of hydrogen-bond donors (Lipinski definition) is 1. The zero-order valence-corrected chi connectivity index (χ0v) is 9.75. The first-order chi connectivity index (χ1) is 7.49. The molecule has 0 heterocycles. The first-order valence-electron chi connectivity index (χ1n) is 5.24. The number of benzene rings is 1. The number of carbonyl (C=O) groups excluding carboxylic acids is 1. The minimum absolute atomic E-state index is 0.239. The number of carbonyl (C=O) groups is 1. The summed E-state index contributed by atoms with van der Waals surface area (Å²) in [5.74, 6) is -0.233. The summed E-state index contributed by atoms with van der Waals surface area (Å²) in [6.45, 7) is 5.64. The summed E-state index contributed by atoms with van der Waals surface area (Å²) in [7, 11) is 0. The maximum Gasteiger partial charge on any atom is 0.248 e. The van der Waals surface area contributed by atoms with Gasteiger partial charge in [-0.3, -0.25) is 4.79 Å². The van der Waals surface area contributed by atoms with E-state index in [4.69, 9.17) is 0 Å². The van der Waals surface area contributed by atoms with Crippen molar-refractivity contribution in [1.29, 1.82) is 0 Å². The highest BCUT2D eigenvalue weighted by Gasteiger charge is 2.01. The number of aryl methyl sites for hydroxylation is 1. The predicted octanol–water partition coefficient (Wildman–Crippen LogP) is 3.28. The Balaban J connectivity index is 2.66. The Bertz CT molecular complexity index is 410. The smallest absolute Gasteiger partial charge is 0.248 e. The van der Waals surface area contributed by atoms with Gasteiger partial charge >= 0.3 is 0 Å². The SMILES string of the molecule is Cc1ccc(NC(=O)/C=C/C(C)C)cc1F. The van der Waals surface area contributed by atoms with Crippen LogP contribution in [-0.2, 0) is 4.79 Å². The van der Waals surface area contributed by atoms with Crippen molar-refractivity contribution in [2.45, 2.75) is 20.8 Å². The van der Waals surface area contributed by atoms with Crippen LogP contribution in [0.15, 0.2) is 30.4 Å². The Morgan fingerprint density at radius 3 is 2.69 bits per heavy atom. The van der Waals surface area contributed by atoms with Gasteiger partial charge in [-0.2, -0.15) is 0 Å². The van der Waals surface area contributed by atoms with Gasteiger partial charge in [0.2, 0.25) is 5.91 Å². The molecule has 1 N–H and O–H groups in total. The lowest BCUT2D eigenvalue weighted by Gasteiger charge is -2.03. The van der Waals surface area contributed by atoms with Crippen molar-refractivity contribution < 1.29 is 9.18 Å². The monoisotopic (exact) mass is 221 g/mol. The topological polar surface area (TPSA) is 29.1 Å². The molecule has 0 fully saturated rings. The number of allylic oxidation sites excluding steroid dienone is 1. The fraction of sp³-hybridized carbons (Fsp3) is 0.308. The summed E-state index contributed by atoms with van der Waals surface area (Å²) < 4.78 is 13.2. The number of rotatable bonds is 3. The third kappa shape index (κ3) is 3.85. The van der Waals surface area contributed by atoms with Gasteiger partial charge in [-0.1, -0.05) is 26.0 Å². The lowest BCUT2D eigenvalue weighted by Crippen LogP contribution is -2.08. The van der Waals surface area contributed by atoms with E-state index in [1.807, 2.05) is 13.8 Å². The van der Waals surface area contributed by atoms with E-state index in [2.05, 4.69) is 5.32 Å². The molecule has 16 heavy (non-hydrogen) atoms. The molecule has 0 aliphatic rings. The molecule has 1 aromatic rings. The summed E-state index contributed by atoms with van der Waals surface area (Å²) in [6, 6.07) is 4.63. The highest BCUT2D eigenvalue weighted by atomic mass is 19.1. The highest BCUT2D eigenvalue weighted by molar-refractivity contribution is 5.99. The Morgan fingerprint density at radius 1 is 1.44 bits per heavy atom. The van der Waals surface area contributed by atoms with Crippen molar-refractivity contribution in [2.24, 2.45) is 5.92 Å². The van der Waals surface area contributed by atoms with Crippen molar-refractivity contribution in [2.75, 3.05) is 5.32 Å². The molecule has 0 spiro atoms. The van der Waals surface area contributed by atoms with Crippen LogP contribution >= 0.6 is 0 Å². The molecule has 1 amide bonds. The summed E-state index contributed by atoms with van der Waals surface area (Å²) in [4.78, 5) is 11.4. The van der Waals surface area contributed by atoms with Crippen molar-refractivity contribution in [3.63, 3.8) is 0 Å². The van der Waals surface area contributed by atoms with Crippen LogP contribution in [0.2, 0.25) is 0 Å². The fourth-order valence-corrected chi connectivity index (χ4v) is 1.13. The highest BCUT2D eigenvalue weighted by Crippen LogP contribution is 2.13. The molecular formula is C13H16FNO. The molecule has 0 unspecified atom stereocenters. The second kappa shape index (κ2) is 5.45. The number of halogens is 1. The minimum atomic E-state index is -0.314. The average Bonchev–Trinajstić information content (AvgIpc) is 2.21. The van der Waals surface area contributed by atoms with Crippen LogP contribution in [0, 0.1) is 18.7 Å². The van der Waals surface area contributed by atoms with E-state index in [1.54, 1.807) is 25.1 Å². The Morgan fingerprint density at radius 2 is 2.12 bits per heavy atom. The van der Waals surface area contributed by atoms with Gasteiger partial charge < -0.3 is 5.32 Å². The van der Waals surface area contributed by atoms with Gasteiger partial charge in [0.1, 0.15) is 5.82 Å². The lowest BCUT2D eigenvalue weighted by atomic mass is 10.2. The quantitative estimate of drug-likeness (QED) is 0.780. The van der Waals surface area contributed by atoms with E-state index in [0.29, 0.717) is 17.2 Å². The Kier molecular flexibility index (Phi) is 4.23.